The molecule has 1 aromatic rings. The summed E-state index contributed by atoms with van der Waals surface area (Å²) in [7, 11) is 5.46. The van der Waals surface area contributed by atoms with Gasteiger partial charge in [-0.2, -0.15) is 15.0 Å². The van der Waals surface area contributed by atoms with Crippen LogP contribution in [0.25, 0.3) is 0 Å². The van der Waals surface area contributed by atoms with Crippen LogP contribution in [0, 0.1) is 0 Å². The molecule has 7 nitrogen and oxygen atoms in total. The van der Waals surface area contributed by atoms with Crippen LogP contribution in [0.5, 0.6) is 0 Å². The summed E-state index contributed by atoms with van der Waals surface area (Å²) in [6.07, 6.45) is 1.02. The maximum atomic E-state index is 4.98. The van der Waals surface area contributed by atoms with Gasteiger partial charge < -0.3 is 20.3 Å². The Morgan fingerprint density at radius 3 is 2.17 bits per heavy atom. The van der Waals surface area contributed by atoms with Crippen LogP contribution in [-0.4, -0.2) is 55.9 Å². The largest absolute Gasteiger partial charge is 0.383 e. The zero-order valence-corrected chi connectivity index (χ0v) is 11.5. The SMILES string of the molecule is CCCNc1nc(NCCOC)nc(N(C)C)n1. The van der Waals surface area contributed by atoms with Gasteiger partial charge in [-0.3, -0.25) is 0 Å². The molecule has 1 rings (SSSR count). The standard InChI is InChI=1S/C11H22N6O/c1-5-6-12-9-14-10(13-7-8-18-4)16-11(15-9)17(2)3/h5-8H2,1-4H3,(H2,12,13,14,15,16). The van der Waals surface area contributed by atoms with Gasteiger partial charge >= 0.3 is 0 Å². The Labute approximate surface area is 108 Å². The Morgan fingerprint density at radius 1 is 1.06 bits per heavy atom. The first-order valence-corrected chi connectivity index (χ1v) is 6.07. The Kier molecular flexibility index (Phi) is 6.13. The highest BCUT2D eigenvalue weighted by Crippen LogP contribution is 2.11. The molecule has 0 aromatic carbocycles. The van der Waals surface area contributed by atoms with E-state index < -0.39 is 0 Å². The van der Waals surface area contributed by atoms with Gasteiger partial charge in [-0.25, -0.2) is 0 Å². The van der Waals surface area contributed by atoms with Crippen LogP contribution in [0.2, 0.25) is 0 Å². The smallest absolute Gasteiger partial charge is 0.231 e. The van der Waals surface area contributed by atoms with Crippen molar-refractivity contribution in [3.05, 3.63) is 0 Å². The molecule has 0 spiro atoms. The van der Waals surface area contributed by atoms with E-state index in [0.29, 0.717) is 31.0 Å². The molecule has 0 fully saturated rings. The lowest BCUT2D eigenvalue weighted by Gasteiger charge is -2.13. The Hall–Kier alpha value is -1.63. The van der Waals surface area contributed by atoms with Gasteiger partial charge in [0.1, 0.15) is 0 Å². The monoisotopic (exact) mass is 254 g/mol. The van der Waals surface area contributed by atoms with Crippen LogP contribution in [0.1, 0.15) is 13.3 Å². The van der Waals surface area contributed by atoms with Gasteiger partial charge in [0.15, 0.2) is 0 Å². The van der Waals surface area contributed by atoms with Gasteiger partial charge in [0, 0.05) is 34.3 Å². The van der Waals surface area contributed by atoms with Crippen LogP contribution < -0.4 is 15.5 Å². The number of rotatable bonds is 8. The van der Waals surface area contributed by atoms with Crippen molar-refractivity contribution in [2.75, 3.05) is 56.4 Å². The normalized spacial score (nSPS) is 10.2. The van der Waals surface area contributed by atoms with Crippen molar-refractivity contribution in [2.24, 2.45) is 0 Å². The van der Waals surface area contributed by atoms with E-state index in [1.165, 1.54) is 0 Å². The van der Waals surface area contributed by atoms with E-state index >= 15 is 0 Å². The van der Waals surface area contributed by atoms with E-state index in [1.54, 1.807) is 7.11 Å². The zero-order valence-electron chi connectivity index (χ0n) is 11.5. The Morgan fingerprint density at radius 2 is 1.67 bits per heavy atom. The van der Waals surface area contributed by atoms with Gasteiger partial charge in [-0.1, -0.05) is 6.92 Å². The molecular weight excluding hydrogens is 232 g/mol. The third-order valence-electron chi connectivity index (χ3n) is 2.15. The second-order valence-electron chi connectivity index (χ2n) is 4.02. The van der Waals surface area contributed by atoms with Crippen molar-refractivity contribution in [2.45, 2.75) is 13.3 Å². The van der Waals surface area contributed by atoms with Crippen molar-refractivity contribution in [1.29, 1.82) is 0 Å². The number of nitrogens with one attached hydrogen (secondary N) is 2. The van der Waals surface area contributed by atoms with Gasteiger partial charge in [0.2, 0.25) is 17.8 Å². The molecule has 1 aromatic heterocycles. The van der Waals surface area contributed by atoms with Crippen LogP contribution >= 0.6 is 0 Å². The summed E-state index contributed by atoms with van der Waals surface area (Å²) in [5.74, 6) is 1.78. The Balaban J connectivity index is 2.77. The summed E-state index contributed by atoms with van der Waals surface area (Å²) in [5.41, 5.74) is 0. The second kappa shape index (κ2) is 7.65. The fourth-order valence-electron chi connectivity index (χ4n) is 1.22. The van der Waals surface area contributed by atoms with Crippen LogP contribution in [0.3, 0.4) is 0 Å². The number of ether oxygens (including phenoxy) is 1. The molecule has 0 bridgehead atoms. The Bertz CT molecular complexity index is 357. The van der Waals surface area contributed by atoms with Gasteiger partial charge in [0.05, 0.1) is 6.61 Å². The van der Waals surface area contributed by atoms with E-state index in [4.69, 9.17) is 4.74 Å². The molecular formula is C11H22N6O. The zero-order chi connectivity index (χ0) is 13.4. The first-order valence-electron chi connectivity index (χ1n) is 6.07. The molecule has 1 heterocycles. The van der Waals surface area contributed by atoms with E-state index in [2.05, 4.69) is 32.5 Å². The van der Waals surface area contributed by atoms with E-state index in [0.717, 1.165) is 13.0 Å². The number of methoxy groups -OCH3 is 1. The predicted octanol–water partition coefficient (Wildman–Crippen LogP) is 0.818. The molecule has 0 amide bonds. The molecule has 0 aliphatic heterocycles. The molecule has 18 heavy (non-hydrogen) atoms. The van der Waals surface area contributed by atoms with E-state index in [1.807, 2.05) is 19.0 Å². The number of anilines is 3. The molecule has 0 saturated carbocycles. The number of hydrogen-bond acceptors (Lipinski definition) is 7. The minimum Gasteiger partial charge on any atom is -0.383 e. The predicted molar refractivity (Wildman–Crippen MR) is 73.3 cm³/mol. The average molecular weight is 254 g/mol. The quantitative estimate of drug-likeness (QED) is 0.665. The topological polar surface area (TPSA) is 75.2 Å². The third kappa shape index (κ3) is 4.70. The summed E-state index contributed by atoms with van der Waals surface area (Å²) in [6, 6.07) is 0. The molecule has 102 valence electrons. The third-order valence-corrected chi connectivity index (χ3v) is 2.15. The maximum absolute atomic E-state index is 4.98. The second-order valence-corrected chi connectivity index (χ2v) is 4.02. The minimum absolute atomic E-state index is 0.560. The van der Waals surface area contributed by atoms with Crippen molar-refractivity contribution in [3.8, 4) is 0 Å². The van der Waals surface area contributed by atoms with E-state index in [9.17, 15) is 0 Å². The summed E-state index contributed by atoms with van der Waals surface area (Å²) < 4.78 is 4.98. The van der Waals surface area contributed by atoms with Crippen molar-refractivity contribution in [3.63, 3.8) is 0 Å². The van der Waals surface area contributed by atoms with Crippen molar-refractivity contribution < 1.29 is 4.74 Å². The van der Waals surface area contributed by atoms with Gasteiger partial charge in [0.25, 0.3) is 0 Å². The molecule has 0 atom stereocenters. The summed E-state index contributed by atoms with van der Waals surface area (Å²) in [5, 5.41) is 6.26. The number of nitrogens with zero attached hydrogens (tertiary/aromatic N) is 4. The minimum atomic E-state index is 0.560. The number of aromatic nitrogens is 3. The highest BCUT2D eigenvalue weighted by molar-refractivity contribution is 5.42. The lowest BCUT2D eigenvalue weighted by molar-refractivity contribution is 0.210. The lowest BCUT2D eigenvalue weighted by Crippen LogP contribution is -2.18. The summed E-state index contributed by atoms with van der Waals surface area (Å²) in [4.78, 5) is 14.8. The van der Waals surface area contributed by atoms with Crippen molar-refractivity contribution >= 4 is 17.8 Å². The van der Waals surface area contributed by atoms with Crippen LogP contribution in [-0.2, 0) is 4.74 Å². The van der Waals surface area contributed by atoms with Gasteiger partial charge in [-0.05, 0) is 6.42 Å². The fraction of sp³-hybridized carbons (Fsp3) is 0.727. The van der Waals surface area contributed by atoms with Gasteiger partial charge in [-0.15, -0.1) is 0 Å². The first kappa shape index (κ1) is 14.4. The molecule has 0 radical (unpaired) electrons. The molecule has 0 aliphatic rings. The average Bonchev–Trinajstić information content (AvgIpc) is 2.36. The highest BCUT2D eigenvalue weighted by Gasteiger charge is 2.07. The lowest BCUT2D eigenvalue weighted by atomic mass is 10.5. The van der Waals surface area contributed by atoms with E-state index in [-0.39, 0.29) is 0 Å². The number of hydrogen-bond donors (Lipinski definition) is 2. The van der Waals surface area contributed by atoms with Crippen LogP contribution in [0.15, 0.2) is 0 Å². The molecule has 0 unspecified atom stereocenters. The molecule has 7 heteroatoms. The van der Waals surface area contributed by atoms with Crippen molar-refractivity contribution in [1.82, 2.24) is 15.0 Å². The molecule has 2 N–H and O–H groups in total. The maximum Gasteiger partial charge on any atom is 0.231 e. The first-order chi connectivity index (χ1) is 8.67. The molecule has 0 saturated heterocycles. The summed E-state index contributed by atoms with van der Waals surface area (Å²) in [6.45, 7) is 4.22. The summed E-state index contributed by atoms with van der Waals surface area (Å²) >= 11 is 0. The fourth-order valence-corrected chi connectivity index (χ4v) is 1.22. The molecule has 0 aliphatic carbocycles. The van der Waals surface area contributed by atoms with Crippen LogP contribution in [0.4, 0.5) is 17.8 Å². The highest BCUT2D eigenvalue weighted by atomic mass is 16.5.